The number of carbonyl (C=O) groups excluding carboxylic acids is 1. The van der Waals surface area contributed by atoms with Crippen LogP contribution in [0.15, 0.2) is 42.6 Å². The topological polar surface area (TPSA) is 51.2 Å². The highest BCUT2D eigenvalue weighted by atomic mass is 16.5. The summed E-state index contributed by atoms with van der Waals surface area (Å²) in [7, 11) is 0. The van der Waals surface area contributed by atoms with Crippen molar-refractivity contribution in [2.24, 2.45) is 0 Å². The molecule has 0 aliphatic rings. The van der Waals surface area contributed by atoms with E-state index in [2.05, 4.69) is 41.5 Å². The van der Waals surface area contributed by atoms with Crippen molar-refractivity contribution in [3.8, 4) is 17.0 Å². The number of aromatic nitrogens is 1. The van der Waals surface area contributed by atoms with Crippen LogP contribution < -0.4 is 10.1 Å². The Bertz CT molecular complexity index is 621. The molecule has 1 N–H and O–H groups in total. The fourth-order valence-corrected chi connectivity index (χ4v) is 2.43. The smallest absolute Gasteiger partial charge is 0.217 e. The van der Waals surface area contributed by atoms with Gasteiger partial charge >= 0.3 is 0 Å². The largest absolute Gasteiger partial charge is 0.478 e. The molecule has 1 amide bonds. The second-order valence-corrected chi connectivity index (χ2v) is 5.74. The average Bonchev–Trinajstić information content (AvgIpc) is 2.53. The van der Waals surface area contributed by atoms with E-state index in [9.17, 15) is 4.79 Å². The molecule has 2 aromatic rings. The van der Waals surface area contributed by atoms with Gasteiger partial charge in [0.15, 0.2) is 0 Å². The van der Waals surface area contributed by atoms with Crippen molar-refractivity contribution < 1.29 is 9.53 Å². The minimum Gasteiger partial charge on any atom is -0.478 e. The van der Waals surface area contributed by atoms with Crippen LogP contribution in [0.1, 0.15) is 32.8 Å². The van der Waals surface area contributed by atoms with E-state index in [-0.39, 0.29) is 11.9 Å². The van der Waals surface area contributed by atoms with Gasteiger partial charge in [-0.3, -0.25) is 4.79 Å². The predicted molar refractivity (Wildman–Crippen MR) is 92.4 cm³/mol. The molecule has 0 saturated carbocycles. The van der Waals surface area contributed by atoms with Gasteiger partial charge in [-0.15, -0.1) is 0 Å². The van der Waals surface area contributed by atoms with Gasteiger partial charge in [-0.1, -0.05) is 31.2 Å². The van der Waals surface area contributed by atoms with Crippen LogP contribution in [0, 0.1) is 0 Å². The van der Waals surface area contributed by atoms with E-state index in [4.69, 9.17) is 4.74 Å². The molecule has 0 radical (unpaired) electrons. The van der Waals surface area contributed by atoms with E-state index in [1.165, 1.54) is 5.56 Å². The fourth-order valence-electron chi connectivity index (χ4n) is 2.43. The minimum absolute atomic E-state index is 0.00516. The Hall–Kier alpha value is -2.36. The van der Waals surface area contributed by atoms with Gasteiger partial charge in [0.25, 0.3) is 0 Å². The van der Waals surface area contributed by atoms with Crippen molar-refractivity contribution >= 4 is 5.91 Å². The summed E-state index contributed by atoms with van der Waals surface area (Å²) in [6, 6.07) is 12.4. The SMILES string of the molecule is CCCOc1ccc(-c2ccc(CC(C)NC(C)=O)cc2)cn1. The molecule has 4 nitrogen and oxygen atoms in total. The summed E-state index contributed by atoms with van der Waals surface area (Å²) in [5.41, 5.74) is 3.39. The number of pyridine rings is 1. The maximum absolute atomic E-state index is 11.0. The molecule has 0 aliphatic heterocycles. The molecule has 1 atom stereocenters. The van der Waals surface area contributed by atoms with Gasteiger partial charge in [-0.2, -0.15) is 0 Å². The number of hydrogen-bond acceptors (Lipinski definition) is 3. The van der Waals surface area contributed by atoms with Crippen LogP contribution in [0.25, 0.3) is 11.1 Å². The van der Waals surface area contributed by atoms with E-state index < -0.39 is 0 Å². The number of ether oxygens (including phenoxy) is 1. The van der Waals surface area contributed by atoms with Crippen molar-refractivity contribution in [3.63, 3.8) is 0 Å². The van der Waals surface area contributed by atoms with E-state index in [1.807, 2.05) is 25.3 Å². The third kappa shape index (κ3) is 5.40. The first-order valence-corrected chi connectivity index (χ1v) is 8.03. The van der Waals surface area contributed by atoms with Crippen molar-refractivity contribution in [3.05, 3.63) is 48.2 Å². The quantitative estimate of drug-likeness (QED) is 0.850. The predicted octanol–water partition coefficient (Wildman–Crippen LogP) is 3.60. The molecule has 1 heterocycles. The number of nitrogens with zero attached hydrogens (tertiary/aromatic N) is 1. The van der Waals surface area contributed by atoms with Crippen molar-refractivity contribution in [1.29, 1.82) is 0 Å². The molecule has 0 bridgehead atoms. The molecule has 1 aromatic carbocycles. The first-order valence-electron chi connectivity index (χ1n) is 8.03. The summed E-state index contributed by atoms with van der Waals surface area (Å²) < 4.78 is 5.49. The molecular weight excluding hydrogens is 288 g/mol. The lowest BCUT2D eigenvalue weighted by Crippen LogP contribution is -2.31. The maximum Gasteiger partial charge on any atom is 0.217 e. The third-order valence-corrected chi connectivity index (χ3v) is 3.47. The van der Waals surface area contributed by atoms with Crippen LogP contribution >= 0.6 is 0 Å². The standard InChI is InChI=1S/C19H24N2O2/c1-4-11-23-19-10-9-18(13-20-19)17-7-5-16(6-8-17)12-14(2)21-15(3)22/h5-10,13-14H,4,11-12H2,1-3H3,(H,21,22). The van der Waals surface area contributed by atoms with Crippen LogP contribution in [-0.4, -0.2) is 23.5 Å². The maximum atomic E-state index is 11.0. The van der Waals surface area contributed by atoms with Crippen molar-refractivity contribution in [2.75, 3.05) is 6.61 Å². The number of carbonyl (C=O) groups is 1. The zero-order valence-electron chi connectivity index (χ0n) is 14.0. The van der Waals surface area contributed by atoms with E-state index in [0.717, 1.165) is 24.0 Å². The minimum atomic E-state index is 0.00516. The normalized spacial score (nSPS) is 11.8. The van der Waals surface area contributed by atoms with Gasteiger partial charge in [-0.05, 0) is 37.0 Å². The zero-order valence-corrected chi connectivity index (χ0v) is 14.0. The second-order valence-electron chi connectivity index (χ2n) is 5.74. The van der Waals surface area contributed by atoms with Gasteiger partial charge in [0.2, 0.25) is 11.8 Å². The summed E-state index contributed by atoms with van der Waals surface area (Å²) in [6.07, 6.45) is 3.63. The molecule has 0 spiro atoms. The highest BCUT2D eigenvalue weighted by molar-refractivity contribution is 5.73. The number of hydrogen-bond donors (Lipinski definition) is 1. The third-order valence-electron chi connectivity index (χ3n) is 3.47. The molecule has 0 fully saturated rings. The molecule has 0 aliphatic carbocycles. The Morgan fingerprint density at radius 3 is 2.43 bits per heavy atom. The van der Waals surface area contributed by atoms with Crippen LogP contribution in [0.2, 0.25) is 0 Å². The van der Waals surface area contributed by atoms with Gasteiger partial charge < -0.3 is 10.1 Å². The Labute approximate surface area is 137 Å². The van der Waals surface area contributed by atoms with E-state index in [0.29, 0.717) is 12.5 Å². The molecule has 1 unspecified atom stereocenters. The molecule has 23 heavy (non-hydrogen) atoms. The summed E-state index contributed by atoms with van der Waals surface area (Å²) in [5.74, 6) is 0.668. The summed E-state index contributed by atoms with van der Waals surface area (Å²) in [6.45, 7) is 6.31. The van der Waals surface area contributed by atoms with E-state index >= 15 is 0 Å². The summed E-state index contributed by atoms with van der Waals surface area (Å²) >= 11 is 0. The van der Waals surface area contributed by atoms with Gasteiger partial charge in [0, 0.05) is 30.8 Å². The lowest BCUT2D eigenvalue weighted by atomic mass is 10.0. The van der Waals surface area contributed by atoms with Crippen LogP contribution in [0.3, 0.4) is 0 Å². The monoisotopic (exact) mass is 312 g/mol. The highest BCUT2D eigenvalue weighted by Crippen LogP contribution is 2.21. The van der Waals surface area contributed by atoms with Crippen molar-refractivity contribution in [2.45, 2.75) is 39.7 Å². The fraction of sp³-hybridized carbons (Fsp3) is 0.368. The number of rotatable bonds is 7. The second kappa shape index (κ2) is 8.32. The molecule has 1 aromatic heterocycles. The number of nitrogens with one attached hydrogen (secondary N) is 1. The van der Waals surface area contributed by atoms with Crippen LogP contribution in [0.5, 0.6) is 5.88 Å². The first kappa shape index (κ1) is 17.0. The lowest BCUT2D eigenvalue weighted by Gasteiger charge is -2.12. The Morgan fingerprint density at radius 2 is 1.87 bits per heavy atom. The van der Waals surface area contributed by atoms with Gasteiger partial charge in [0.05, 0.1) is 6.61 Å². The summed E-state index contributed by atoms with van der Waals surface area (Å²) in [5, 5.41) is 2.90. The molecule has 4 heteroatoms. The van der Waals surface area contributed by atoms with Crippen LogP contribution in [-0.2, 0) is 11.2 Å². The highest BCUT2D eigenvalue weighted by Gasteiger charge is 2.05. The molecule has 2 rings (SSSR count). The molecule has 122 valence electrons. The Morgan fingerprint density at radius 1 is 1.17 bits per heavy atom. The summed E-state index contributed by atoms with van der Waals surface area (Å²) in [4.78, 5) is 15.4. The number of benzene rings is 1. The van der Waals surface area contributed by atoms with Crippen molar-refractivity contribution in [1.82, 2.24) is 10.3 Å². The first-order chi connectivity index (χ1) is 11.1. The lowest BCUT2D eigenvalue weighted by molar-refractivity contribution is -0.119. The average molecular weight is 312 g/mol. The zero-order chi connectivity index (χ0) is 16.7. The Kier molecular flexibility index (Phi) is 6.15. The molecular formula is C19H24N2O2. The van der Waals surface area contributed by atoms with E-state index in [1.54, 1.807) is 6.92 Å². The Balaban J connectivity index is 2.00. The number of amides is 1. The van der Waals surface area contributed by atoms with Crippen LogP contribution in [0.4, 0.5) is 0 Å². The molecule has 0 saturated heterocycles. The van der Waals surface area contributed by atoms with Gasteiger partial charge in [0.1, 0.15) is 0 Å². The van der Waals surface area contributed by atoms with Gasteiger partial charge in [-0.25, -0.2) is 4.98 Å².